The Bertz CT molecular complexity index is 284. The molecular formula is C13H24F2N2. The molecule has 0 atom stereocenters. The predicted molar refractivity (Wildman–Crippen MR) is 68.8 cm³/mol. The molecule has 1 aromatic rings. The zero-order valence-corrected chi connectivity index (χ0v) is 11.3. The van der Waals surface area contributed by atoms with E-state index in [-0.39, 0.29) is 18.3 Å². The highest BCUT2D eigenvalue weighted by molar-refractivity contribution is 5.17. The van der Waals surface area contributed by atoms with E-state index in [9.17, 15) is 8.78 Å². The van der Waals surface area contributed by atoms with Crippen molar-refractivity contribution in [1.29, 1.82) is 0 Å². The monoisotopic (exact) mass is 246 g/mol. The highest BCUT2D eigenvalue weighted by atomic mass is 19.3. The first-order valence-electron chi connectivity index (χ1n) is 5.93. The first-order valence-corrected chi connectivity index (χ1v) is 5.93. The van der Waals surface area contributed by atoms with E-state index in [0.717, 1.165) is 18.4 Å². The van der Waals surface area contributed by atoms with Gasteiger partial charge in [0, 0.05) is 12.6 Å². The molecule has 0 saturated carbocycles. The maximum absolute atomic E-state index is 13.1. The minimum atomic E-state index is -2.79. The van der Waals surface area contributed by atoms with Crippen LogP contribution in [-0.4, -0.2) is 4.98 Å². The van der Waals surface area contributed by atoms with E-state index < -0.39 is 5.92 Å². The summed E-state index contributed by atoms with van der Waals surface area (Å²) in [7, 11) is 0. The van der Waals surface area contributed by atoms with Gasteiger partial charge in [-0.25, -0.2) is 0 Å². The SMILES string of the molecule is CC.CCCc1ccc(C(F)(F)CC)nc1.N. The molecule has 0 bridgehead atoms. The summed E-state index contributed by atoms with van der Waals surface area (Å²) in [6, 6.07) is 3.16. The minimum Gasteiger partial charge on any atom is -0.344 e. The topological polar surface area (TPSA) is 47.9 Å². The number of hydrogen-bond acceptors (Lipinski definition) is 2. The first kappa shape index (κ1) is 18.3. The third-order valence-corrected chi connectivity index (χ3v) is 2.18. The van der Waals surface area contributed by atoms with Crippen LogP contribution in [0.25, 0.3) is 0 Å². The van der Waals surface area contributed by atoms with Gasteiger partial charge in [0.2, 0.25) is 0 Å². The molecule has 1 heterocycles. The average molecular weight is 246 g/mol. The van der Waals surface area contributed by atoms with Crippen molar-refractivity contribution in [3.8, 4) is 0 Å². The molecule has 17 heavy (non-hydrogen) atoms. The number of halogens is 2. The lowest BCUT2D eigenvalue weighted by molar-refractivity contribution is -0.0128. The van der Waals surface area contributed by atoms with E-state index in [1.54, 1.807) is 12.3 Å². The van der Waals surface area contributed by atoms with Gasteiger partial charge in [0.15, 0.2) is 0 Å². The highest BCUT2D eigenvalue weighted by Gasteiger charge is 2.30. The van der Waals surface area contributed by atoms with Gasteiger partial charge in [-0.05, 0) is 18.1 Å². The number of aryl methyl sites for hydroxylation is 1. The fourth-order valence-electron chi connectivity index (χ4n) is 1.26. The van der Waals surface area contributed by atoms with Crippen LogP contribution in [-0.2, 0) is 12.3 Å². The van der Waals surface area contributed by atoms with Crippen LogP contribution in [0, 0.1) is 0 Å². The largest absolute Gasteiger partial charge is 0.344 e. The second kappa shape index (κ2) is 9.05. The Morgan fingerprint density at radius 1 is 1.18 bits per heavy atom. The lowest BCUT2D eigenvalue weighted by atomic mass is 10.1. The van der Waals surface area contributed by atoms with Crippen LogP contribution in [0.5, 0.6) is 0 Å². The van der Waals surface area contributed by atoms with Crippen LogP contribution in [0.3, 0.4) is 0 Å². The zero-order chi connectivity index (χ0) is 12.6. The lowest BCUT2D eigenvalue weighted by Crippen LogP contribution is -2.13. The molecular weight excluding hydrogens is 222 g/mol. The van der Waals surface area contributed by atoms with Gasteiger partial charge in [-0.1, -0.05) is 40.2 Å². The molecule has 0 amide bonds. The molecule has 0 unspecified atom stereocenters. The summed E-state index contributed by atoms with van der Waals surface area (Å²) < 4.78 is 26.3. The van der Waals surface area contributed by atoms with Gasteiger partial charge in [-0.3, -0.25) is 4.98 Å². The van der Waals surface area contributed by atoms with Crippen molar-refractivity contribution in [1.82, 2.24) is 11.1 Å². The Hall–Kier alpha value is -1.03. The standard InChI is InChI=1S/C11H15F2N.C2H6.H3N/c1-3-5-9-6-7-10(14-8-9)11(12,13)4-2;1-2;/h6-8H,3-5H2,1-2H3;1-2H3;1H3. The van der Waals surface area contributed by atoms with Crippen molar-refractivity contribution in [2.45, 2.75) is 52.9 Å². The van der Waals surface area contributed by atoms with Crippen LogP contribution < -0.4 is 6.15 Å². The Morgan fingerprint density at radius 2 is 1.76 bits per heavy atom. The van der Waals surface area contributed by atoms with E-state index in [1.165, 1.54) is 13.0 Å². The Morgan fingerprint density at radius 3 is 2.12 bits per heavy atom. The summed E-state index contributed by atoms with van der Waals surface area (Å²) in [5.74, 6) is -2.79. The van der Waals surface area contributed by atoms with Crippen molar-refractivity contribution >= 4 is 0 Å². The number of aromatic nitrogens is 1. The van der Waals surface area contributed by atoms with E-state index in [0.29, 0.717) is 0 Å². The number of rotatable bonds is 4. The quantitative estimate of drug-likeness (QED) is 0.835. The van der Waals surface area contributed by atoms with E-state index in [2.05, 4.69) is 11.9 Å². The summed E-state index contributed by atoms with van der Waals surface area (Å²) >= 11 is 0. The zero-order valence-electron chi connectivity index (χ0n) is 11.3. The summed E-state index contributed by atoms with van der Waals surface area (Å²) in [6.07, 6.45) is 3.24. The number of hydrogen-bond donors (Lipinski definition) is 1. The molecule has 0 radical (unpaired) electrons. The molecule has 0 aliphatic heterocycles. The molecule has 0 aliphatic rings. The summed E-state index contributed by atoms with van der Waals surface area (Å²) in [5, 5.41) is 0. The highest BCUT2D eigenvalue weighted by Crippen LogP contribution is 2.29. The van der Waals surface area contributed by atoms with Gasteiger partial charge >= 0.3 is 0 Å². The number of alkyl halides is 2. The van der Waals surface area contributed by atoms with Crippen molar-refractivity contribution in [2.24, 2.45) is 0 Å². The molecule has 2 nitrogen and oxygen atoms in total. The van der Waals surface area contributed by atoms with Crippen molar-refractivity contribution in [3.63, 3.8) is 0 Å². The van der Waals surface area contributed by atoms with Crippen molar-refractivity contribution in [2.75, 3.05) is 0 Å². The van der Waals surface area contributed by atoms with Crippen LogP contribution in [0.4, 0.5) is 8.78 Å². The summed E-state index contributed by atoms with van der Waals surface area (Å²) in [6.45, 7) is 7.51. The van der Waals surface area contributed by atoms with Gasteiger partial charge in [0.1, 0.15) is 5.69 Å². The maximum atomic E-state index is 13.1. The van der Waals surface area contributed by atoms with Gasteiger partial charge in [-0.2, -0.15) is 8.78 Å². The molecule has 0 fully saturated rings. The van der Waals surface area contributed by atoms with Crippen LogP contribution in [0.1, 0.15) is 51.8 Å². The fraction of sp³-hybridized carbons (Fsp3) is 0.615. The third-order valence-electron chi connectivity index (χ3n) is 2.18. The van der Waals surface area contributed by atoms with Crippen molar-refractivity contribution in [3.05, 3.63) is 29.6 Å². The van der Waals surface area contributed by atoms with Gasteiger partial charge in [0.25, 0.3) is 5.92 Å². The number of pyridine rings is 1. The van der Waals surface area contributed by atoms with Crippen LogP contribution >= 0.6 is 0 Å². The number of nitrogens with zero attached hydrogens (tertiary/aromatic N) is 1. The normalized spacial score (nSPS) is 10.0. The third kappa shape index (κ3) is 5.73. The maximum Gasteiger partial charge on any atom is 0.289 e. The Kier molecular flexibility index (Phi) is 9.76. The Labute approximate surface area is 103 Å². The van der Waals surface area contributed by atoms with Gasteiger partial charge in [-0.15, -0.1) is 0 Å². The molecule has 0 aliphatic carbocycles. The molecule has 100 valence electrons. The molecule has 4 heteroatoms. The fourth-order valence-corrected chi connectivity index (χ4v) is 1.26. The molecule has 0 spiro atoms. The molecule has 1 aromatic heterocycles. The lowest BCUT2D eigenvalue weighted by Gasteiger charge is -2.13. The molecule has 0 aromatic carbocycles. The minimum absolute atomic E-state index is 0. The first-order chi connectivity index (χ1) is 7.60. The van der Waals surface area contributed by atoms with Gasteiger partial charge in [0.05, 0.1) is 0 Å². The Balaban J connectivity index is 0. The molecule has 3 N–H and O–H groups in total. The molecule has 1 rings (SSSR count). The average Bonchev–Trinajstić information content (AvgIpc) is 2.33. The predicted octanol–water partition coefficient (Wildman–Crippen LogP) is 4.72. The summed E-state index contributed by atoms with van der Waals surface area (Å²) in [4.78, 5) is 3.79. The van der Waals surface area contributed by atoms with Crippen LogP contribution in [0.15, 0.2) is 18.3 Å². The smallest absolute Gasteiger partial charge is 0.289 e. The van der Waals surface area contributed by atoms with E-state index in [1.807, 2.05) is 13.8 Å². The second-order valence-electron chi connectivity index (χ2n) is 3.36. The van der Waals surface area contributed by atoms with E-state index in [4.69, 9.17) is 0 Å². The van der Waals surface area contributed by atoms with Gasteiger partial charge < -0.3 is 6.15 Å². The second-order valence-corrected chi connectivity index (χ2v) is 3.36. The van der Waals surface area contributed by atoms with Crippen molar-refractivity contribution < 1.29 is 8.78 Å². The van der Waals surface area contributed by atoms with Crippen LogP contribution in [0.2, 0.25) is 0 Å². The van der Waals surface area contributed by atoms with E-state index >= 15 is 0 Å². The summed E-state index contributed by atoms with van der Waals surface area (Å²) in [5.41, 5.74) is 0.892. The molecule has 0 saturated heterocycles.